The van der Waals surface area contributed by atoms with E-state index in [2.05, 4.69) is 22.4 Å². The quantitative estimate of drug-likeness (QED) is 0.559. The summed E-state index contributed by atoms with van der Waals surface area (Å²) in [4.78, 5) is 5.16. The number of anilines is 1. The maximum absolute atomic E-state index is 9.85. The lowest BCUT2D eigenvalue weighted by Gasteiger charge is -1.99. The van der Waals surface area contributed by atoms with E-state index in [1.807, 2.05) is 36.4 Å². The molecule has 0 radical (unpaired) electrons. The second-order valence-corrected chi connectivity index (χ2v) is 5.86. The van der Waals surface area contributed by atoms with Crippen LogP contribution in [0.2, 0.25) is 0 Å². The zero-order valence-corrected chi connectivity index (χ0v) is 12.8. The highest BCUT2D eigenvalue weighted by molar-refractivity contribution is 7.18. The highest BCUT2D eigenvalue weighted by Gasteiger charge is 2.07. The van der Waals surface area contributed by atoms with Crippen molar-refractivity contribution in [2.45, 2.75) is 6.92 Å². The van der Waals surface area contributed by atoms with Crippen LogP contribution < -0.4 is 5.43 Å². The molecule has 0 saturated carbocycles. The highest BCUT2D eigenvalue weighted by atomic mass is 32.1. The van der Waals surface area contributed by atoms with Crippen LogP contribution in [-0.2, 0) is 0 Å². The number of para-hydroxylation sites is 1. The van der Waals surface area contributed by atoms with Gasteiger partial charge in [0.2, 0.25) is 5.13 Å². The van der Waals surface area contributed by atoms with Gasteiger partial charge >= 0.3 is 0 Å². The summed E-state index contributed by atoms with van der Waals surface area (Å²) in [5.74, 6) is 0.251. The summed E-state index contributed by atoms with van der Waals surface area (Å²) in [6.45, 7) is 2.05. The second kappa shape index (κ2) is 6.41. The van der Waals surface area contributed by atoms with Crippen LogP contribution in [0.15, 0.2) is 59.8 Å². The van der Waals surface area contributed by atoms with Crippen LogP contribution >= 0.6 is 11.3 Å². The summed E-state index contributed by atoms with van der Waals surface area (Å²) in [6.07, 6.45) is 3.48. The third-order valence-electron chi connectivity index (χ3n) is 3.13. The molecule has 0 bridgehead atoms. The molecule has 3 aromatic rings. The molecule has 0 saturated heterocycles. The van der Waals surface area contributed by atoms with E-state index < -0.39 is 0 Å². The molecule has 110 valence electrons. The Morgan fingerprint density at radius 3 is 2.68 bits per heavy atom. The molecular formula is C17H15N3OS. The molecule has 1 aromatic heterocycles. The summed E-state index contributed by atoms with van der Waals surface area (Å²) < 4.78 is 0. The first kappa shape index (κ1) is 14.3. The van der Waals surface area contributed by atoms with Gasteiger partial charge in [0.1, 0.15) is 5.75 Å². The first-order chi connectivity index (χ1) is 10.7. The Morgan fingerprint density at radius 1 is 1.14 bits per heavy atom. The minimum atomic E-state index is 0.251. The normalized spacial score (nSPS) is 11.0. The second-order valence-electron chi connectivity index (χ2n) is 4.83. The number of hydrazone groups is 1. The average molecular weight is 309 g/mol. The molecule has 0 aliphatic heterocycles. The van der Waals surface area contributed by atoms with Crippen molar-refractivity contribution in [2.24, 2.45) is 5.10 Å². The Balaban J connectivity index is 1.70. The van der Waals surface area contributed by atoms with Crippen molar-refractivity contribution in [1.29, 1.82) is 0 Å². The van der Waals surface area contributed by atoms with E-state index in [-0.39, 0.29) is 5.75 Å². The number of phenolic OH excluding ortho intramolecular Hbond substituents is 1. The number of thiazole rings is 1. The van der Waals surface area contributed by atoms with Crippen molar-refractivity contribution in [3.8, 4) is 16.2 Å². The first-order valence-corrected chi connectivity index (χ1v) is 7.64. The van der Waals surface area contributed by atoms with Crippen LogP contribution in [0.1, 0.15) is 11.1 Å². The van der Waals surface area contributed by atoms with E-state index in [1.54, 1.807) is 24.5 Å². The van der Waals surface area contributed by atoms with E-state index in [1.165, 1.54) is 16.9 Å². The largest absolute Gasteiger partial charge is 0.507 e. The molecular weight excluding hydrogens is 294 g/mol. The minimum Gasteiger partial charge on any atom is -0.507 e. The number of nitrogens with zero attached hydrogens (tertiary/aromatic N) is 2. The molecule has 2 aromatic carbocycles. The lowest BCUT2D eigenvalue weighted by Crippen LogP contribution is -1.89. The smallest absolute Gasteiger partial charge is 0.203 e. The van der Waals surface area contributed by atoms with Crippen LogP contribution in [-0.4, -0.2) is 16.3 Å². The SMILES string of the molecule is Cc1ccc(/C=N/Nc2ncc(-c3ccccc3O)s2)cc1. The van der Waals surface area contributed by atoms with E-state index in [9.17, 15) is 5.11 Å². The zero-order valence-electron chi connectivity index (χ0n) is 12.0. The number of aromatic hydroxyl groups is 1. The highest BCUT2D eigenvalue weighted by Crippen LogP contribution is 2.34. The molecule has 0 aliphatic rings. The number of hydrogen-bond donors (Lipinski definition) is 2. The topological polar surface area (TPSA) is 57.5 Å². The van der Waals surface area contributed by atoms with Gasteiger partial charge in [-0.1, -0.05) is 53.3 Å². The number of hydrogen-bond acceptors (Lipinski definition) is 5. The number of aryl methyl sites for hydroxylation is 1. The molecule has 0 unspecified atom stereocenters. The standard InChI is InChI=1S/C17H15N3OS/c1-12-6-8-13(9-7-12)10-19-20-17-18-11-16(22-17)14-4-2-3-5-15(14)21/h2-11,21H,1H3,(H,18,20)/b19-10+. The van der Waals surface area contributed by atoms with E-state index in [4.69, 9.17) is 0 Å². The maximum Gasteiger partial charge on any atom is 0.203 e. The molecule has 4 nitrogen and oxygen atoms in total. The number of phenols is 1. The van der Waals surface area contributed by atoms with Gasteiger partial charge in [0.15, 0.2) is 0 Å². The van der Waals surface area contributed by atoms with Crippen molar-refractivity contribution in [1.82, 2.24) is 4.98 Å². The number of benzene rings is 2. The third-order valence-corrected chi connectivity index (χ3v) is 4.06. The molecule has 3 rings (SSSR count). The summed E-state index contributed by atoms with van der Waals surface area (Å²) in [6, 6.07) is 15.3. The predicted octanol–water partition coefficient (Wildman–Crippen LogP) is 4.27. The lowest BCUT2D eigenvalue weighted by molar-refractivity contribution is 0.477. The fraction of sp³-hybridized carbons (Fsp3) is 0.0588. The Morgan fingerprint density at radius 2 is 1.91 bits per heavy atom. The summed E-state index contributed by atoms with van der Waals surface area (Å²) in [5, 5.41) is 14.7. The van der Waals surface area contributed by atoms with Crippen LogP contribution in [0, 0.1) is 6.92 Å². The Kier molecular flexibility index (Phi) is 4.16. The van der Waals surface area contributed by atoms with Gasteiger partial charge in [-0.25, -0.2) is 4.98 Å². The van der Waals surface area contributed by atoms with Gasteiger partial charge in [-0.15, -0.1) is 0 Å². The van der Waals surface area contributed by atoms with Gasteiger partial charge < -0.3 is 5.11 Å². The van der Waals surface area contributed by atoms with Crippen LogP contribution in [0.25, 0.3) is 10.4 Å². The molecule has 0 aliphatic carbocycles. The van der Waals surface area contributed by atoms with E-state index in [0.29, 0.717) is 5.13 Å². The predicted molar refractivity (Wildman–Crippen MR) is 91.6 cm³/mol. The van der Waals surface area contributed by atoms with Crippen molar-refractivity contribution >= 4 is 22.7 Å². The van der Waals surface area contributed by atoms with E-state index >= 15 is 0 Å². The lowest BCUT2D eigenvalue weighted by atomic mass is 10.2. The van der Waals surface area contributed by atoms with Crippen LogP contribution in [0.5, 0.6) is 5.75 Å². The Bertz CT molecular complexity index is 794. The van der Waals surface area contributed by atoms with Crippen LogP contribution in [0.4, 0.5) is 5.13 Å². The number of rotatable bonds is 4. The van der Waals surface area contributed by atoms with Gasteiger partial charge in [0.25, 0.3) is 0 Å². The monoisotopic (exact) mass is 309 g/mol. The first-order valence-electron chi connectivity index (χ1n) is 6.82. The van der Waals surface area contributed by atoms with Crippen molar-refractivity contribution in [3.63, 3.8) is 0 Å². The van der Waals surface area contributed by atoms with Crippen molar-refractivity contribution in [3.05, 3.63) is 65.9 Å². The van der Waals surface area contributed by atoms with Crippen molar-refractivity contribution < 1.29 is 5.11 Å². The fourth-order valence-electron chi connectivity index (χ4n) is 1.95. The molecule has 2 N–H and O–H groups in total. The van der Waals surface area contributed by atoms with Gasteiger partial charge in [0.05, 0.1) is 11.1 Å². The minimum absolute atomic E-state index is 0.251. The molecule has 0 fully saturated rings. The fourth-order valence-corrected chi connectivity index (χ4v) is 2.75. The zero-order chi connectivity index (χ0) is 15.4. The Hall–Kier alpha value is -2.66. The third kappa shape index (κ3) is 3.32. The molecule has 5 heteroatoms. The summed E-state index contributed by atoms with van der Waals surface area (Å²) in [7, 11) is 0. The average Bonchev–Trinajstić information content (AvgIpc) is 2.98. The van der Waals surface area contributed by atoms with Crippen molar-refractivity contribution in [2.75, 3.05) is 5.43 Å². The summed E-state index contributed by atoms with van der Waals surface area (Å²) in [5.41, 5.74) is 5.93. The molecule has 22 heavy (non-hydrogen) atoms. The number of aromatic nitrogens is 1. The summed E-state index contributed by atoms with van der Waals surface area (Å²) >= 11 is 1.44. The van der Waals surface area contributed by atoms with Gasteiger partial charge in [-0.3, -0.25) is 5.43 Å². The van der Waals surface area contributed by atoms with E-state index in [0.717, 1.165) is 16.0 Å². The maximum atomic E-state index is 9.85. The Labute approximate surface area is 132 Å². The number of nitrogens with one attached hydrogen (secondary N) is 1. The van der Waals surface area contributed by atoms with Gasteiger partial charge in [0, 0.05) is 11.8 Å². The molecule has 0 atom stereocenters. The molecule has 0 amide bonds. The van der Waals surface area contributed by atoms with Gasteiger partial charge in [-0.05, 0) is 24.6 Å². The molecule has 0 spiro atoms. The van der Waals surface area contributed by atoms with Gasteiger partial charge in [-0.2, -0.15) is 5.10 Å². The van der Waals surface area contributed by atoms with Crippen LogP contribution in [0.3, 0.4) is 0 Å². The molecule has 1 heterocycles.